The molecule has 0 radical (unpaired) electrons. The van der Waals surface area contributed by atoms with Gasteiger partial charge in [0.05, 0.1) is 28.0 Å². The van der Waals surface area contributed by atoms with Crippen molar-refractivity contribution in [1.82, 2.24) is 5.32 Å². The van der Waals surface area contributed by atoms with Gasteiger partial charge in [-0.15, -0.1) is 0 Å². The van der Waals surface area contributed by atoms with Crippen molar-refractivity contribution in [1.29, 1.82) is 0 Å². The topological polar surface area (TPSA) is 89.3 Å². The van der Waals surface area contributed by atoms with Gasteiger partial charge >= 0.3 is 0 Å². The Hall–Kier alpha value is -0.690. The first-order valence-electron chi connectivity index (χ1n) is 6.01. The fraction of sp³-hybridized carbons (Fsp3) is 0.818. The lowest BCUT2D eigenvalue weighted by atomic mass is 9.97. The molecule has 18 heavy (non-hydrogen) atoms. The van der Waals surface area contributed by atoms with E-state index in [0.29, 0.717) is 12.8 Å². The van der Waals surface area contributed by atoms with Crippen molar-refractivity contribution in [2.24, 2.45) is 11.7 Å². The van der Waals surface area contributed by atoms with Crippen LogP contribution >= 0.6 is 12.2 Å². The Bertz CT molecular complexity index is 447. The number of sulfone groups is 1. The van der Waals surface area contributed by atoms with E-state index in [4.69, 9.17) is 18.0 Å². The van der Waals surface area contributed by atoms with Crippen LogP contribution in [0.2, 0.25) is 0 Å². The molecule has 0 saturated carbocycles. The summed E-state index contributed by atoms with van der Waals surface area (Å²) in [5, 5.41) is 2.79. The number of nitrogens with two attached hydrogens (primary N) is 1. The van der Waals surface area contributed by atoms with Gasteiger partial charge in [-0.25, -0.2) is 8.42 Å². The van der Waals surface area contributed by atoms with Crippen LogP contribution in [-0.4, -0.2) is 36.4 Å². The zero-order chi connectivity index (χ0) is 14.0. The molecule has 1 amide bonds. The molecule has 1 fully saturated rings. The minimum absolute atomic E-state index is 0.0120. The standard InChI is InChI=1S/C11H20N2O3S2/c1-3-4-8(9(12)17)10(14)13-11(2)5-6-18(15,16)7-11/h8H,3-7H2,1-2H3,(H2,12,17)(H,13,14). The Balaban J connectivity index is 2.72. The van der Waals surface area contributed by atoms with E-state index < -0.39 is 21.3 Å². The number of amides is 1. The third kappa shape index (κ3) is 3.91. The third-order valence-corrected chi connectivity index (χ3v) is 5.35. The normalized spacial score (nSPS) is 27.7. The Morgan fingerprint density at radius 3 is 2.56 bits per heavy atom. The molecular formula is C11H20N2O3S2. The molecule has 1 rings (SSSR count). The first-order chi connectivity index (χ1) is 8.19. The second kappa shape index (κ2) is 5.52. The quantitative estimate of drug-likeness (QED) is 0.715. The summed E-state index contributed by atoms with van der Waals surface area (Å²) in [5.41, 5.74) is 4.86. The average Bonchev–Trinajstić information content (AvgIpc) is 2.48. The molecule has 1 saturated heterocycles. The van der Waals surface area contributed by atoms with Gasteiger partial charge in [0.2, 0.25) is 5.91 Å². The van der Waals surface area contributed by atoms with Crippen molar-refractivity contribution >= 4 is 33.0 Å². The first-order valence-corrected chi connectivity index (χ1v) is 8.24. The van der Waals surface area contributed by atoms with Gasteiger partial charge in [-0.2, -0.15) is 0 Å². The fourth-order valence-electron chi connectivity index (χ4n) is 2.18. The van der Waals surface area contributed by atoms with Crippen LogP contribution in [0.1, 0.15) is 33.1 Å². The van der Waals surface area contributed by atoms with Crippen LogP contribution in [0.15, 0.2) is 0 Å². The molecule has 104 valence electrons. The molecule has 0 spiro atoms. The van der Waals surface area contributed by atoms with E-state index in [-0.39, 0.29) is 22.4 Å². The molecule has 2 unspecified atom stereocenters. The van der Waals surface area contributed by atoms with Crippen molar-refractivity contribution in [2.75, 3.05) is 11.5 Å². The highest BCUT2D eigenvalue weighted by Gasteiger charge is 2.40. The molecule has 7 heteroatoms. The van der Waals surface area contributed by atoms with Crippen LogP contribution < -0.4 is 11.1 Å². The lowest BCUT2D eigenvalue weighted by molar-refractivity contribution is -0.124. The molecule has 2 atom stereocenters. The number of nitrogens with one attached hydrogen (secondary N) is 1. The van der Waals surface area contributed by atoms with Gasteiger partial charge in [-0.1, -0.05) is 25.6 Å². The second-order valence-corrected chi connectivity index (χ2v) is 7.79. The van der Waals surface area contributed by atoms with E-state index in [1.165, 1.54) is 0 Å². The average molecular weight is 292 g/mol. The highest BCUT2D eigenvalue weighted by molar-refractivity contribution is 7.91. The maximum atomic E-state index is 12.1. The van der Waals surface area contributed by atoms with Crippen LogP contribution in [0.25, 0.3) is 0 Å². The molecule has 1 aliphatic rings. The van der Waals surface area contributed by atoms with Gasteiger partial charge in [0.25, 0.3) is 0 Å². The molecule has 5 nitrogen and oxygen atoms in total. The third-order valence-electron chi connectivity index (χ3n) is 3.17. The summed E-state index contributed by atoms with van der Waals surface area (Å²) >= 11 is 4.88. The predicted molar refractivity (Wildman–Crippen MR) is 75.0 cm³/mol. The van der Waals surface area contributed by atoms with Gasteiger partial charge < -0.3 is 11.1 Å². The van der Waals surface area contributed by atoms with Crippen molar-refractivity contribution < 1.29 is 13.2 Å². The molecule has 0 aromatic carbocycles. The minimum atomic E-state index is -3.04. The number of thiocarbonyl (C=S) groups is 1. The van der Waals surface area contributed by atoms with Gasteiger partial charge in [-0.3, -0.25) is 4.79 Å². The summed E-state index contributed by atoms with van der Waals surface area (Å²) in [4.78, 5) is 12.2. The van der Waals surface area contributed by atoms with E-state index in [0.717, 1.165) is 6.42 Å². The van der Waals surface area contributed by atoms with Crippen LogP contribution in [0.5, 0.6) is 0 Å². The lowest BCUT2D eigenvalue weighted by Crippen LogP contribution is -2.51. The monoisotopic (exact) mass is 292 g/mol. The van der Waals surface area contributed by atoms with Gasteiger partial charge in [-0.05, 0) is 19.8 Å². The summed E-state index contributed by atoms with van der Waals surface area (Å²) < 4.78 is 22.9. The number of rotatable bonds is 5. The molecule has 0 aromatic rings. The highest BCUT2D eigenvalue weighted by Crippen LogP contribution is 2.23. The summed E-state index contributed by atoms with van der Waals surface area (Å²) in [6.07, 6.45) is 1.83. The highest BCUT2D eigenvalue weighted by atomic mass is 32.2. The SMILES string of the molecule is CCCC(C(=O)NC1(C)CCS(=O)(=O)C1)C(N)=S. The Kier molecular flexibility index (Phi) is 4.72. The zero-order valence-corrected chi connectivity index (χ0v) is 12.4. The largest absolute Gasteiger partial charge is 0.393 e. The summed E-state index contributed by atoms with van der Waals surface area (Å²) in [7, 11) is -3.04. The summed E-state index contributed by atoms with van der Waals surface area (Å²) in [6.45, 7) is 3.69. The molecule has 3 N–H and O–H groups in total. The first kappa shape index (κ1) is 15.4. The van der Waals surface area contributed by atoms with Gasteiger partial charge in [0.15, 0.2) is 9.84 Å². The zero-order valence-electron chi connectivity index (χ0n) is 10.7. The van der Waals surface area contributed by atoms with Crippen LogP contribution in [0.3, 0.4) is 0 Å². The Morgan fingerprint density at radius 2 is 2.17 bits per heavy atom. The molecule has 0 aliphatic carbocycles. The summed E-state index contributed by atoms with van der Waals surface area (Å²) in [6, 6.07) is 0. The number of hydrogen-bond acceptors (Lipinski definition) is 4. The smallest absolute Gasteiger partial charge is 0.230 e. The molecular weight excluding hydrogens is 272 g/mol. The van der Waals surface area contributed by atoms with E-state index in [1.54, 1.807) is 6.92 Å². The van der Waals surface area contributed by atoms with E-state index in [9.17, 15) is 13.2 Å². The lowest BCUT2D eigenvalue weighted by Gasteiger charge is -2.26. The maximum absolute atomic E-state index is 12.1. The molecule has 0 aromatic heterocycles. The van der Waals surface area contributed by atoms with Crippen molar-refractivity contribution in [2.45, 2.75) is 38.6 Å². The van der Waals surface area contributed by atoms with Crippen LogP contribution in [0.4, 0.5) is 0 Å². The van der Waals surface area contributed by atoms with E-state index >= 15 is 0 Å². The Labute approximate surface area is 113 Å². The number of carbonyl (C=O) groups is 1. The van der Waals surface area contributed by atoms with E-state index in [2.05, 4.69) is 5.32 Å². The second-order valence-electron chi connectivity index (χ2n) is 5.14. The molecule has 1 aliphatic heterocycles. The predicted octanol–water partition coefficient (Wildman–Crippen LogP) is 0.382. The maximum Gasteiger partial charge on any atom is 0.230 e. The van der Waals surface area contributed by atoms with Crippen molar-refractivity contribution in [3.05, 3.63) is 0 Å². The van der Waals surface area contributed by atoms with Gasteiger partial charge in [0, 0.05) is 0 Å². The van der Waals surface area contributed by atoms with Crippen LogP contribution in [0, 0.1) is 5.92 Å². The fourth-order valence-corrected chi connectivity index (χ4v) is 4.50. The number of hydrogen-bond donors (Lipinski definition) is 2. The number of carbonyl (C=O) groups excluding carboxylic acids is 1. The molecule has 0 bridgehead atoms. The minimum Gasteiger partial charge on any atom is -0.393 e. The molecule has 1 heterocycles. The summed E-state index contributed by atoms with van der Waals surface area (Å²) in [5.74, 6) is -0.661. The van der Waals surface area contributed by atoms with Gasteiger partial charge in [0.1, 0.15) is 0 Å². The van der Waals surface area contributed by atoms with E-state index in [1.807, 2.05) is 6.92 Å². The Morgan fingerprint density at radius 1 is 1.56 bits per heavy atom. The van der Waals surface area contributed by atoms with Crippen LogP contribution in [-0.2, 0) is 14.6 Å². The van der Waals surface area contributed by atoms with Crippen molar-refractivity contribution in [3.63, 3.8) is 0 Å². The van der Waals surface area contributed by atoms with Crippen molar-refractivity contribution in [3.8, 4) is 0 Å².